The fourth-order valence-corrected chi connectivity index (χ4v) is 5.87. The van der Waals surface area contributed by atoms with Crippen molar-refractivity contribution < 1.29 is 18.4 Å². The molecule has 1 fully saturated rings. The first-order valence-electron chi connectivity index (χ1n) is 10.3. The van der Waals surface area contributed by atoms with E-state index in [1.54, 1.807) is 24.3 Å². The van der Waals surface area contributed by atoms with Gasteiger partial charge in [0.2, 0.25) is 0 Å². The predicted molar refractivity (Wildman–Crippen MR) is 120 cm³/mol. The zero-order chi connectivity index (χ0) is 23.2. The summed E-state index contributed by atoms with van der Waals surface area (Å²) >= 11 is 1.29. The third-order valence-corrected chi connectivity index (χ3v) is 7.31. The van der Waals surface area contributed by atoms with Gasteiger partial charge in [-0.1, -0.05) is 12.1 Å². The highest BCUT2D eigenvalue weighted by Gasteiger charge is 2.59. The highest BCUT2D eigenvalue weighted by Crippen LogP contribution is 2.54. The lowest BCUT2D eigenvalue weighted by Gasteiger charge is -2.33. The molecule has 0 saturated carbocycles. The SMILES string of the molecule is N#Cc1cccc(CN2C(=O)C3(SCCN3C(=O)c3ccc(F)cc3)c3cc(F)ccc32)c1. The van der Waals surface area contributed by atoms with Crippen LogP contribution >= 0.6 is 11.8 Å². The molecule has 1 atom stereocenters. The van der Waals surface area contributed by atoms with Crippen molar-refractivity contribution in [2.24, 2.45) is 0 Å². The Morgan fingerprint density at radius 2 is 1.82 bits per heavy atom. The molecule has 2 heterocycles. The number of hydrogen-bond donors (Lipinski definition) is 0. The molecular weight excluding hydrogens is 444 g/mol. The minimum absolute atomic E-state index is 0.174. The number of carbonyl (C=O) groups is 2. The summed E-state index contributed by atoms with van der Waals surface area (Å²) in [4.78, 5) is 28.9. The van der Waals surface area contributed by atoms with Gasteiger partial charge in [0.15, 0.2) is 4.87 Å². The van der Waals surface area contributed by atoms with Crippen molar-refractivity contribution in [2.75, 3.05) is 17.2 Å². The molecular formula is C25H17F2N3O2S. The van der Waals surface area contributed by atoms with Gasteiger partial charge in [0.25, 0.3) is 11.8 Å². The van der Waals surface area contributed by atoms with Gasteiger partial charge in [-0.25, -0.2) is 8.78 Å². The lowest BCUT2D eigenvalue weighted by Crippen LogP contribution is -2.50. The summed E-state index contributed by atoms with van der Waals surface area (Å²) in [5, 5.41) is 9.21. The van der Waals surface area contributed by atoms with Crippen LogP contribution < -0.4 is 4.90 Å². The summed E-state index contributed by atoms with van der Waals surface area (Å²) in [6.45, 7) is 0.466. The molecule has 3 aromatic carbocycles. The summed E-state index contributed by atoms with van der Waals surface area (Å²) in [7, 11) is 0. The number of nitriles is 1. The van der Waals surface area contributed by atoms with Crippen LogP contribution in [0.25, 0.3) is 0 Å². The van der Waals surface area contributed by atoms with Gasteiger partial charge in [-0.05, 0) is 60.2 Å². The average molecular weight is 461 g/mol. The Kier molecular flexibility index (Phi) is 5.14. The van der Waals surface area contributed by atoms with Gasteiger partial charge in [-0.15, -0.1) is 11.8 Å². The molecule has 2 aliphatic rings. The number of amides is 2. The third-order valence-electron chi connectivity index (χ3n) is 5.89. The van der Waals surface area contributed by atoms with Crippen LogP contribution in [0.15, 0.2) is 66.7 Å². The molecule has 2 amide bonds. The standard InChI is InChI=1S/C25H17F2N3O2S/c26-19-6-4-18(5-7-19)23(31)30-10-11-33-25(30)21-13-20(27)8-9-22(21)29(24(25)32)15-17-3-1-2-16(12-17)14-28/h1-9,12-13H,10-11,15H2. The molecule has 164 valence electrons. The van der Waals surface area contributed by atoms with Crippen LogP contribution in [0.4, 0.5) is 14.5 Å². The van der Waals surface area contributed by atoms with E-state index in [2.05, 4.69) is 6.07 Å². The fourth-order valence-electron chi connectivity index (χ4n) is 4.41. The van der Waals surface area contributed by atoms with Crippen molar-refractivity contribution in [1.82, 2.24) is 4.90 Å². The number of carbonyl (C=O) groups excluding carboxylic acids is 2. The summed E-state index contributed by atoms with van der Waals surface area (Å²) in [6, 6.07) is 18.3. The van der Waals surface area contributed by atoms with Gasteiger partial charge in [0, 0.05) is 23.4 Å². The number of anilines is 1. The van der Waals surface area contributed by atoms with E-state index in [4.69, 9.17) is 0 Å². The van der Waals surface area contributed by atoms with E-state index in [-0.39, 0.29) is 18.0 Å². The number of benzene rings is 3. The van der Waals surface area contributed by atoms with E-state index < -0.39 is 22.4 Å². The summed E-state index contributed by atoms with van der Waals surface area (Å²) in [5.74, 6) is -1.24. The van der Waals surface area contributed by atoms with E-state index in [0.717, 1.165) is 5.56 Å². The Bertz CT molecular complexity index is 1320. The molecule has 1 spiro atoms. The Morgan fingerprint density at radius 1 is 1.06 bits per heavy atom. The van der Waals surface area contributed by atoms with Gasteiger partial charge in [0.1, 0.15) is 11.6 Å². The second kappa shape index (κ2) is 8.01. The Hall–Kier alpha value is -3.70. The molecule has 5 rings (SSSR count). The molecule has 3 aromatic rings. The fraction of sp³-hybridized carbons (Fsp3) is 0.160. The molecule has 0 aliphatic carbocycles. The first kappa shape index (κ1) is 21.2. The van der Waals surface area contributed by atoms with E-state index >= 15 is 0 Å². The van der Waals surface area contributed by atoms with Crippen molar-refractivity contribution in [3.63, 3.8) is 0 Å². The van der Waals surface area contributed by atoms with E-state index in [0.29, 0.717) is 29.1 Å². The minimum atomic E-state index is -1.41. The van der Waals surface area contributed by atoms with E-state index in [9.17, 15) is 23.6 Å². The molecule has 33 heavy (non-hydrogen) atoms. The van der Waals surface area contributed by atoms with Crippen molar-refractivity contribution in [3.05, 3.63) is 101 Å². The maximum atomic E-state index is 14.4. The van der Waals surface area contributed by atoms with E-state index in [1.807, 2.05) is 6.07 Å². The quantitative estimate of drug-likeness (QED) is 0.579. The van der Waals surface area contributed by atoms with Crippen LogP contribution in [-0.4, -0.2) is 29.0 Å². The monoisotopic (exact) mass is 461 g/mol. The normalized spacial score (nSPS) is 19.1. The number of fused-ring (bicyclic) bond motifs is 2. The number of thioether (sulfide) groups is 1. The summed E-state index contributed by atoms with van der Waals surface area (Å²) < 4.78 is 27.7. The summed E-state index contributed by atoms with van der Waals surface area (Å²) in [5.41, 5.74) is 2.41. The van der Waals surface area contributed by atoms with Gasteiger partial charge >= 0.3 is 0 Å². The largest absolute Gasteiger partial charge is 0.311 e. The highest BCUT2D eigenvalue weighted by atomic mass is 32.2. The smallest absolute Gasteiger partial charge is 0.268 e. The lowest BCUT2D eigenvalue weighted by atomic mass is 10.0. The number of halogens is 2. The average Bonchev–Trinajstić information content (AvgIpc) is 3.36. The topological polar surface area (TPSA) is 64.4 Å². The molecule has 0 bridgehead atoms. The molecule has 1 unspecified atom stereocenters. The van der Waals surface area contributed by atoms with Crippen LogP contribution in [0.5, 0.6) is 0 Å². The third kappa shape index (κ3) is 3.36. The first-order chi connectivity index (χ1) is 15.9. The molecule has 5 nitrogen and oxygen atoms in total. The molecule has 2 aliphatic heterocycles. The van der Waals surface area contributed by atoms with Gasteiger partial charge in [0.05, 0.1) is 23.9 Å². The molecule has 8 heteroatoms. The van der Waals surface area contributed by atoms with Crippen LogP contribution in [0.3, 0.4) is 0 Å². The molecule has 0 N–H and O–H groups in total. The van der Waals surface area contributed by atoms with E-state index in [1.165, 1.54) is 58.0 Å². The van der Waals surface area contributed by atoms with Gasteiger partial charge < -0.3 is 9.80 Å². The van der Waals surface area contributed by atoms with Crippen LogP contribution in [-0.2, 0) is 16.2 Å². The molecule has 0 radical (unpaired) electrons. The van der Waals surface area contributed by atoms with Crippen molar-refractivity contribution in [3.8, 4) is 6.07 Å². The zero-order valence-corrected chi connectivity index (χ0v) is 18.1. The Labute approximate surface area is 193 Å². The Morgan fingerprint density at radius 3 is 2.58 bits per heavy atom. The maximum Gasteiger partial charge on any atom is 0.268 e. The van der Waals surface area contributed by atoms with Crippen LogP contribution in [0, 0.1) is 23.0 Å². The van der Waals surface area contributed by atoms with Crippen molar-refractivity contribution in [1.29, 1.82) is 5.26 Å². The second-order valence-corrected chi connectivity index (χ2v) is 9.11. The van der Waals surface area contributed by atoms with Crippen molar-refractivity contribution in [2.45, 2.75) is 11.4 Å². The zero-order valence-electron chi connectivity index (χ0n) is 17.3. The number of hydrogen-bond acceptors (Lipinski definition) is 4. The van der Waals surface area contributed by atoms with Gasteiger partial charge in [-0.2, -0.15) is 5.26 Å². The second-order valence-electron chi connectivity index (χ2n) is 7.82. The van der Waals surface area contributed by atoms with Gasteiger partial charge in [-0.3, -0.25) is 9.59 Å². The lowest BCUT2D eigenvalue weighted by molar-refractivity contribution is -0.123. The highest BCUT2D eigenvalue weighted by molar-refractivity contribution is 8.01. The van der Waals surface area contributed by atoms with Crippen LogP contribution in [0.1, 0.15) is 27.0 Å². The molecule has 0 aromatic heterocycles. The predicted octanol–water partition coefficient (Wildman–Crippen LogP) is 4.43. The Balaban J connectivity index is 1.59. The maximum absolute atomic E-state index is 14.4. The molecule has 1 saturated heterocycles. The first-order valence-corrected chi connectivity index (χ1v) is 11.2. The number of nitrogens with zero attached hydrogens (tertiary/aromatic N) is 3. The number of rotatable bonds is 3. The van der Waals surface area contributed by atoms with Crippen molar-refractivity contribution >= 4 is 29.3 Å². The minimum Gasteiger partial charge on any atom is -0.311 e. The van der Waals surface area contributed by atoms with Crippen LogP contribution in [0.2, 0.25) is 0 Å². The summed E-state index contributed by atoms with van der Waals surface area (Å²) in [6.07, 6.45) is 0.